The van der Waals surface area contributed by atoms with E-state index in [2.05, 4.69) is 32.8 Å². The fraction of sp³-hybridized carbons (Fsp3) is 0.211. The van der Waals surface area contributed by atoms with E-state index in [1.165, 1.54) is 17.5 Å². The van der Waals surface area contributed by atoms with Gasteiger partial charge in [-0.25, -0.2) is 9.67 Å². The Morgan fingerprint density at radius 2 is 2.16 bits per heavy atom. The maximum atomic E-state index is 12.4. The second-order valence-electron chi connectivity index (χ2n) is 6.18. The number of nitrogens with zero attached hydrogens (tertiary/aromatic N) is 3. The third-order valence-electron chi connectivity index (χ3n) is 4.38. The largest absolute Gasteiger partial charge is 0.326 e. The number of amides is 1. The molecular weight excluding hydrogens is 314 g/mol. The predicted molar refractivity (Wildman–Crippen MR) is 94.8 cm³/mol. The molecule has 0 aliphatic carbocycles. The molecule has 0 saturated heterocycles. The van der Waals surface area contributed by atoms with E-state index in [9.17, 15) is 4.79 Å². The quantitative estimate of drug-likeness (QED) is 0.752. The number of anilines is 1. The van der Waals surface area contributed by atoms with Crippen molar-refractivity contribution < 1.29 is 4.79 Å². The highest BCUT2D eigenvalue weighted by atomic mass is 16.1. The van der Waals surface area contributed by atoms with E-state index in [0.29, 0.717) is 13.0 Å². The summed E-state index contributed by atoms with van der Waals surface area (Å²) in [4.78, 5) is 16.4. The van der Waals surface area contributed by atoms with Crippen LogP contribution in [0.3, 0.4) is 0 Å². The molecule has 0 saturated carbocycles. The molecule has 1 atom stereocenters. The normalized spacial score (nSPS) is 15.8. The van der Waals surface area contributed by atoms with Crippen LogP contribution in [0.4, 0.5) is 5.69 Å². The van der Waals surface area contributed by atoms with Gasteiger partial charge in [0.15, 0.2) is 0 Å². The van der Waals surface area contributed by atoms with Gasteiger partial charge in [0.05, 0.1) is 6.54 Å². The number of nitrogens with one attached hydrogen (secondary N) is 2. The molecular formula is C19H19N5O. The van der Waals surface area contributed by atoms with Gasteiger partial charge >= 0.3 is 0 Å². The molecule has 1 aromatic heterocycles. The molecule has 2 aromatic carbocycles. The van der Waals surface area contributed by atoms with Crippen molar-refractivity contribution in [1.29, 1.82) is 0 Å². The van der Waals surface area contributed by atoms with Crippen LogP contribution < -0.4 is 10.6 Å². The average Bonchev–Trinajstić information content (AvgIpc) is 3.26. The molecule has 6 heteroatoms. The van der Waals surface area contributed by atoms with E-state index in [1.807, 2.05) is 36.4 Å². The number of benzene rings is 2. The Labute approximate surface area is 145 Å². The molecule has 0 bridgehead atoms. The standard InChI is InChI=1S/C19H19N5O/c25-19(9-18-17-7-2-1-5-15(17)10-21-18)23-16-6-3-4-14(8-16)11-24-13-20-12-22-24/h1-8,12-13,18,21H,9-11H2,(H,23,25). The van der Waals surface area contributed by atoms with Crippen LogP contribution in [0.5, 0.6) is 0 Å². The lowest BCUT2D eigenvalue weighted by Crippen LogP contribution is -2.21. The van der Waals surface area contributed by atoms with Gasteiger partial charge in [-0.1, -0.05) is 36.4 Å². The summed E-state index contributed by atoms with van der Waals surface area (Å²) in [7, 11) is 0. The molecule has 1 unspecified atom stereocenters. The second kappa shape index (κ2) is 6.86. The summed E-state index contributed by atoms with van der Waals surface area (Å²) in [6.07, 6.45) is 3.61. The van der Waals surface area contributed by atoms with Crippen LogP contribution in [-0.2, 0) is 17.9 Å². The number of carbonyl (C=O) groups is 1. The van der Waals surface area contributed by atoms with Gasteiger partial charge in [-0.2, -0.15) is 5.10 Å². The zero-order chi connectivity index (χ0) is 17.1. The van der Waals surface area contributed by atoms with Crippen LogP contribution in [0, 0.1) is 0 Å². The van der Waals surface area contributed by atoms with Crippen molar-refractivity contribution in [1.82, 2.24) is 20.1 Å². The number of rotatable bonds is 5. The predicted octanol–water partition coefficient (Wildman–Crippen LogP) is 2.50. The molecule has 25 heavy (non-hydrogen) atoms. The van der Waals surface area contributed by atoms with Crippen molar-refractivity contribution in [2.75, 3.05) is 5.32 Å². The van der Waals surface area contributed by atoms with E-state index < -0.39 is 0 Å². The average molecular weight is 333 g/mol. The molecule has 2 N–H and O–H groups in total. The summed E-state index contributed by atoms with van der Waals surface area (Å²) in [5.41, 5.74) is 4.36. The van der Waals surface area contributed by atoms with Gasteiger partial charge in [0.1, 0.15) is 12.7 Å². The number of carbonyl (C=O) groups excluding carboxylic acids is 1. The highest BCUT2D eigenvalue weighted by Crippen LogP contribution is 2.27. The summed E-state index contributed by atoms with van der Waals surface area (Å²) < 4.78 is 1.75. The summed E-state index contributed by atoms with van der Waals surface area (Å²) in [5.74, 6) is 0.00658. The fourth-order valence-electron chi connectivity index (χ4n) is 3.21. The Hall–Kier alpha value is -2.99. The van der Waals surface area contributed by atoms with Crippen LogP contribution in [0.25, 0.3) is 0 Å². The molecule has 1 aliphatic rings. The fourth-order valence-corrected chi connectivity index (χ4v) is 3.21. The molecule has 126 valence electrons. The number of hydrogen-bond acceptors (Lipinski definition) is 4. The van der Waals surface area contributed by atoms with Crippen molar-refractivity contribution in [3.05, 3.63) is 77.9 Å². The van der Waals surface area contributed by atoms with Crippen LogP contribution in [-0.4, -0.2) is 20.7 Å². The first-order valence-electron chi connectivity index (χ1n) is 8.30. The monoisotopic (exact) mass is 333 g/mol. The highest BCUT2D eigenvalue weighted by molar-refractivity contribution is 5.91. The van der Waals surface area contributed by atoms with Gasteiger partial charge < -0.3 is 10.6 Å². The Morgan fingerprint density at radius 1 is 1.24 bits per heavy atom. The number of aromatic nitrogens is 3. The molecule has 1 aliphatic heterocycles. The van der Waals surface area contributed by atoms with Gasteiger partial charge in [-0.3, -0.25) is 4.79 Å². The Kier molecular flexibility index (Phi) is 4.26. The number of fused-ring (bicyclic) bond motifs is 1. The summed E-state index contributed by atoms with van der Waals surface area (Å²) in [5, 5.41) is 10.5. The minimum Gasteiger partial charge on any atom is -0.326 e. The van der Waals surface area contributed by atoms with Gasteiger partial charge in [0.2, 0.25) is 5.91 Å². The molecule has 0 fully saturated rings. The Morgan fingerprint density at radius 3 is 3.04 bits per heavy atom. The SMILES string of the molecule is O=C(CC1NCc2ccccc21)Nc1cccc(Cn2cncn2)c1. The van der Waals surface area contributed by atoms with Crippen molar-refractivity contribution in [2.45, 2.75) is 25.6 Å². The lowest BCUT2D eigenvalue weighted by molar-refractivity contribution is -0.116. The van der Waals surface area contributed by atoms with E-state index in [1.54, 1.807) is 11.0 Å². The lowest BCUT2D eigenvalue weighted by Gasteiger charge is -2.13. The molecule has 0 radical (unpaired) electrons. The van der Waals surface area contributed by atoms with Crippen LogP contribution in [0.2, 0.25) is 0 Å². The van der Waals surface area contributed by atoms with Gasteiger partial charge in [-0.15, -0.1) is 0 Å². The first kappa shape index (κ1) is 15.5. The summed E-state index contributed by atoms with van der Waals surface area (Å²) in [6, 6.07) is 16.1. The Bertz CT molecular complexity index is 875. The maximum Gasteiger partial charge on any atom is 0.226 e. The van der Waals surface area contributed by atoms with E-state index in [4.69, 9.17) is 0 Å². The van der Waals surface area contributed by atoms with Crippen molar-refractivity contribution in [3.8, 4) is 0 Å². The first-order chi connectivity index (χ1) is 12.3. The van der Waals surface area contributed by atoms with Crippen LogP contribution >= 0.6 is 0 Å². The topological polar surface area (TPSA) is 71.8 Å². The van der Waals surface area contributed by atoms with Crippen LogP contribution in [0.1, 0.15) is 29.2 Å². The van der Waals surface area contributed by atoms with Crippen molar-refractivity contribution in [3.63, 3.8) is 0 Å². The summed E-state index contributed by atoms with van der Waals surface area (Å²) >= 11 is 0. The van der Waals surface area contributed by atoms with Gasteiger partial charge in [0.25, 0.3) is 0 Å². The zero-order valence-corrected chi connectivity index (χ0v) is 13.7. The Balaban J connectivity index is 1.40. The molecule has 0 spiro atoms. The first-order valence-corrected chi connectivity index (χ1v) is 8.30. The molecule has 3 aromatic rings. The second-order valence-corrected chi connectivity index (χ2v) is 6.18. The number of hydrogen-bond donors (Lipinski definition) is 2. The minimum atomic E-state index is 0.00658. The summed E-state index contributed by atoms with van der Waals surface area (Å²) in [6.45, 7) is 1.45. The molecule has 2 heterocycles. The minimum absolute atomic E-state index is 0.00658. The molecule has 4 rings (SSSR count). The van der Waals surface area contributed by atoms with Crippen molar-refractivity contribution in [2.24, 2.45) is 0 Å². The third kappa shape index (κ3) is 3.59. The van der Waals surface area contributed by atoms with Crippen LogP contribution in [0.15, 0.2) is 61.2 Å². The lowest BCUT2D eigenvalue weighted by atomic mass is 10.0. The van der Waals surface area contributed by atoms with E-state index >= 15 is 0 Å². The zero-order valence-electron chi connectivity index (χ0n) is 13.7. The van der Waals surface area contributed by atoms with Gasteiger partial charge in [-0.05, 0) is 28.8 Å². The molecule has 6 nitrogen and oxygen atoms in total. The smallest absolute Gasteiger partial charge is 0.226 e. The third-order valence-corrected chi connectivity index (χ3v) is 4.38. The maximum absolute atomic E-state index is 12.4. The van der Waals surface area contributed by atoms with Gasteiger partial charge in [0, 0.05) is 24.7 Å². The van der Waals surface area contributed by atoms with E-state index in [-0.39, 0.29) is 11.9 Å². The van der Waals surface area contributed by atoms with E-state index in [0.717, 1.165) is 17.8 Å². The van der Waals surface area contributed by atoms with Crippen molar-refractivity contribution >= 4 is 11.6 Å². The highest BCUT2D eigenvalue weighted by Gasteiger charge is 2.23. The molecule has 1 amide bonds.